The summed E-state index contributed by atoms with van der Waals surface area (Å²) in [7, 11) is 3.95. The summed E-state index contributed by atoms with van der Waals surface area (Å²) in [6.07, 6.45) is 0. The lowest BCUT2D eigenvalue weighted by Crippen LogP contribution is -2.36. The van der Waals surface area contributed by atoms with Crippen LogP contribution in [0.4, 0.5) is 5.69 Å². The van der Waals surface area contributed by atoms with Gasteiger partial charge in [0, 0.05) is 63.7 Å². The van der Waals surface area contributed by atoms with Gasteiger partial charge in [0.15, 0.2) is 0 Å². The minimum Gasteiger partial charge on any atom is -0.378 e. The van der Waals surface area contributed by atoms with E-state index in [1.165, 1.54) is 0 Å². The van der Waals surface area contributed by atoms with Gasteiger partial charge in [-0.2, -0.15) is 0 Å². The second-order valence-electron chi connectivity index (χ2n) is 8.11. The van der Waals surface area contributed by atoms with E-state index in [0.717, 1.165) is 23.4 Å². The van der Waals surface area contributed by atoms with Gasteiger partial charge in [-0.05, 0) is 23.8 Å². The van der Waals surface area contributed by atoms with Gasteiger partial charge in [0.05, 0.1) is 6.04 Å². The van der Waals surface area contributed by atoms with E-state index in [-0.39, 0.29) is 23.8 Å². The fourth-order valence-electron chi connectivity index (χ4n) is 4.71. The van der Waals surface area contributed by atoms with Crippen LogP contribution in [0.3, 0.4) is 0 Å². The van der Waals surface area contributed by atoms with E-state index in [0.29, 0.717) is 19.0 Å². The molecular weight excluding hydrogens is 350 g/mol. The average Bonchev–Trinajstić information content (AvgIpc) is 3.26. The van der Waals surface area contributed by atoms with Gasteiger partial charge in [0.25, 0.3) is 5.91 Å². The van der Waals surface area contributed by atoms with Crippen LogP contribution in [-0.4, -0.2) is 55.3 Å². The highest BCUT2D eigenvalue weighted by Crippen LogP contribution is 2.45. The minimum absolute atomic E-state index is 0.0506. The Morgan fingerprint density at radius 1 is 0.964 bits per heavy atom. The molecule has 28 heavy (non-hydrogen) atoms. The Bertz CT molecular complexity index is 880. The highest BCUT2D eigenvalue weighted by molar-refractivity contribution is 5.95. The van der Waals surface area contributed by atoms with Crippen LogP contribution in [-0.2, 0) is 4.79 Å². The number of benzene rings is 2. The molecule has 2 aromatic carbocycles. The van der Waals surface area contributed by atoms with Gasteiger partial charge in [-0.1, -0.05) is 36.4 Å². The van der Waals surface area contributed by atoms with Crippen molar-refractivity contribution in [3.8, 4) is 0 Å². The second-order valence-corrected chi connectivity index (χ2v) is 8.11. The summed E-state index contributed by atoms with van der Waals surface area (Å²) in [5, 5.41) is 0. The summed E-state index contributed by atoms with van der Waals surface area (Å²) in [6, 6.07) is 18.0. The molecule has 2 saturated heterocycles. The minimum atomic E-state index is 0.0506. The Labute approximate surface area is 166 Å². The van der Waals surface area contributed by atoms with Gasteiger partial charge in [-0.25, -0.2) is 0 Å². The van der Waals surface area contributed by atoms with Gasteiger partial charge in [-0.3, -0.25) is 9.59 Å². The summed E-state index contributed by atoms with van der Waals surface area (Å²) in [4.78, 5) is 31.3. The number of anilines is 1. The third kappa shape index (κ3) is 3.26. The summed E-state index contributed by atoms with van der Waals surface area (Å²) in [6.45, 7) is 3.77. The first-order chi connectivity index (χ1) is 13.5. The lowest BCUT2D eigenvalue weighted by Gasteiger charge is -2.29. The number of carbonyl (C=O) groups is 2. The molecule has 3 atom stereocenters. The maximum absolute atomic E-state index is 13.1. The molecule has 0 N–H and O–H groups in total. The van der Waals surface area contributed by atoms with Crippen LogP contribution < -0.4 is 4.90 Å². The van der Waals surface area contributed by atoms with Crippen molar-refractivity contribution in [1.29, 1.82) is 0 Å². The van der Waals surface area contributed by atoms with Crippen molar-refractivity contribution in [3.05, 3.63) is 65.7 Å². The molecule has 0 unspecified atom stereocenters. The molecule has 0 aromatic heterocycles. The lowest BCUT2D eigenvalue weighted by molar-refractivity contribution is -0.130. The van der Waals surface area contributed by atoms with Gasteiger partial charge < -0.3 is 14.7 Å². The molecule has 2 amide bonds. The Hall–Kier alpha value is -2.82. The molecule has 2 aliphatic rings. The van der Waals surface area contributed by atoms with Crippen molar-refractivity contribution in [2.75, 3.05) is 38.6 Å². The van der Waals surface area contributed by atoms with Gasteiger partial charge >= 0.3 is 0 Å². The van der Waals surface area contributed by atoms with Crippen LogP contribution >= 0.6 is 0 Å². The summed E-state index contributed by atoms with van der Waals surface area (Å²) in [5.74, 6) is 0.807. The lowest BCUT2D eigenvalue weighted by atomic mass is 9.89. The second kappa shape index (κ2) is 7.30. The van der Waals surface area contributed by atoms with Gasteiger partial charge in [0.2, 0.25) is 5.91 Å². The van der Waals surface area contributed by atoms with Crippen molar-refractivity contribution in [3.63, 3.8) is 0 Å². The molecule has 2 heterocycles. The Morgan fingerprint density at radius 3 is 2.39 bits per heavy atom. The zero-order chi connectivity index (χ0) is 19.8. The molecule has 2 fully saturated rings. The normalized spacial score (nSPS) is 23.6. The molecular formula is C23H27N3O2. The van der Waals surface area contributed by atoms with Crippen molar-refractivity contribution in [2.24, 2.45) is 11.8 Å². The fourth-order valence-corrected chi connectivity index (χ4v) is 4.71. The molecule has 0 saturated carbocycles. The fraction of sp³-hybridized carbons (Fsp3) is 0.391. The summed E-state index contributed by atoms with van der Waals surface area (Å²) < 4.78 is 0. The average molecular weight is 377 g/mol. The first-order valence-corrected chi connectivity index (χ1v) is 9.84. The molecule has 0 radical (unpaired) electrons. The van der Waals surface area contributed by atoms with Crippen molar-refractivity contribution in [1.82, 2.24) is 9.80 Å². The molecule has 146 valence electrons. The number of hydrogen-bond acceptors (Lipinski definition) is 3. The van der Waals surface area contributed by atoms with Crippen LogP contribution in [0.5, 0.6) is 0 Å². The maximum atomic E-state index is 13.1. The monoisotopic (exact) mass is 377 g/mol. The number of nitrogens with zero attached hydrogens (tertiary/aromatic N) is 3. The Morgan fingerprint density at radius 2 is 1.71 bits per heavy atom. The van der Waals surface area contributed by atoms with Crippen molar-refractivity contribution < 1.29 is 9.59 Å². The highest BCUT2D eigenvalue weighted by atomic mass is 16.2. The molecule has 0 aliphatic carbocycles. The first-order valence-electron chi connectivity index (χ1n) is 9.84. The zero-order valence-electron chi connectivity index (χ0n) is 16.7. The molecule has 5 heteroatoms. The largest absolute Gasteiger partial charge is 0.378 e. The van der Waals surface area contributed by atoms with Crippen LogP contribution in [0.1, 0.15) is 28.9 Å². The van der Waals surface area contributed by atoms with E-state index < -0.39 is 0 Å². The third-order valence-electron chi connectivity index (χ3n) is 6.11. The van der Waals surface area contributed by atoms with Crippen molar-refractivity contribution in [2.45, 2.75) is 13.0 Å². The Kier molecular flexibility index (Phi) is 4.84. The molecule has 0 spiro atoms. The van der Waals surface area contributed by atoms with E-state index in [9.17, 15) is 9.59 Å². The zero-order valence-corrected chi connectivity index (χ0v) is 16.7. The quantitative estimate of drug-likeness (QED) is 0.826. The number of fused-ring (bicyclic) bond motifs is 1. The van der Waals surface area contributed by atoms with E-state index in [1.807, 2.05) is 71.3 Å². The number of likely N-dealkylation sites (tertiary alicyclic amines) is 2. The van der Waals surface area contributed by atoms with Gasteiger partial charge in [0.1, 0.15) is 0 Å². The standard InChI is InChI=1S/C23H27N3O2/c1-16(27)26-14-19-13-25(15-21(19)22(26)17-8-5-4-6-9-17)23(28)18-10-7-11-20(12-18)24(2)3/h4-12,19,21-22H,13-15H2,1-3H3/t19-,21-,22-/m1/s1. The third-order valence-corrected chi connectivity index (χ3v) is 6.11. The number of carbonyl (C=O) groups excluding carboxylic acids is 2. The van der Waals surface area contributed by atoms with E-state index in [2.05, 4.69) is 12.1 Å². The van der Waals surface area contributed by atoms with Crippen LogP contribution in [0, 0.1) is 11.8 Å². The summed E-state index contributed by atoms with van der Waals surface area (Å²) in [5.41, 5.74) is 2.91. The van der Waals surface area contributed by atoms with Crippen LogP contribution in [0.2, 0.25) is 0 Å². The molecule has 0 bridgehead atoms. The van der Waals surface area contributed by atoms with Crippen LogP contribution in [0.25, 0.3) is 0 Å². The molecule has 5 nitrogen and oxygen atoms in total. The molecule has 4 rings (SSSR count). The SMILES string of the molecule is CC(=O)N1C[C@H]2CN(C(=O)c3cccc(N(C)C)c3)C[C@H]2[C@H]1c1ccccc1. The van der Waals surface area contributed by atoms with E-state index >= 15 is 0 Å². The topological polar surface area (TPSA) is 43.9 Å². The number of amides is 2. The summed E-state index contributed by atoms with van der Waals surface area (Å²) >= 11 is 0. The van der Waals surface area contributed by atoms with Crippen LogP contribution in [0.15, 0.2) is 54.6 Å². The van der Waals surface area contributed by atoms with Gasteiger partial charge in [-0.15, -0.1) is 0 Å². The first kappa shape index (κ1) is 18.5. The molecule has 2 aromatic rings. The predicted octanol–water partition coefficient (Wildman–Crippen LogP) is 3.04. The smallest absolute Gasteiger partial charge is 0.253 e. The van der Waals surface area contributed by atoms with Crippen molar-refractivity contribution >= 4 is 17.5 Å². The number of hydrogen-bond donors (Lipinski definition) is 0. The maximum Gasteiger partial charge on any atom is 0.253 e. The van der Waals surface area contributed by atoms with E-state index in [1.54, 1.807) is 6.92 Å². The van der Waals surface area contributed by atoms with E-state index in [4.69, 9.17) is 0 Å². The highest BCUT2D eigenvalue weighted by Gasteiger charge is 2.49. The Balaban J connectivity index is 1.57. The predicted molar refractivity (Wildman–Crippen MR) is 110 cm³/mol. The number of rotatable bonds is 3. The molecule has 2 aliphatic heterocycles.